The maximum Gasteiger partial charge on any atom is 0.328 e. The van der Waals surface area contributed by atoms with Gasteiger partial charge in [0, 0.05) is 25.2 Å². The molecule has 1 amide bonds. The number of hydrogen-bond acceptors (Lipinski definition) is 4. The van der Waals surface area contributed by atoms with Crippen LogP contribution in [0.4, 0.5) is 0 Å². The summed E-state index contributed by atoms with van der Waals surface area (Å²) in [5.41, 5.74) is 0.937. The Bertz CT molecular complexity index is 433. The van der Waals surface area contributed by atoms with Crippen molar-refractivity contribution in [3.05, 3.63) is 33.1 Å². The Balaban J connectivity index is 2.73. The molecular weight excluding hydrogens is 188 g/mol. The summed E-state index contributed by atoms with van der Waals surface area (Å²) >= 11 is 0. The van der Waals surface area contributed by atoms with E-state index in [9.17, 15) is 14.4 Å². The van der Waals surface area contributed by atoms with Gasteiger partial charge < -0.3 is 4.57 Å². The number of H-pyrrole nitrogens is 1. The molecule has 0 aliphatic carbocycles. The second-order valence-corrected chi connectivity index (χ2v) is 2.62. The van der Waals surface area contributed by atoms with Crippen molar-refractivity contribution in [1.29, 1.82) is 0 Å². The van der Waals surface area contributed by atoms with Crippen LogP contribution in [0.15, 0.2) is 21.9 Å². The van der Waals surface area contributed by atoms with Gasteiger partial charge in [-0.25, -0.2) is 10.6 Å². The second-order valence-electron chi connectivity index (χ2n) is 2.62. The van der Waals surface area contributed by atoms with Crippen LogP contribution in [-0.2, 0) is 11.3 Å². The molecule has 1 heterocycles. The number of nitrogens with two attached hydrogens (primary N) is 1. The van der Waals surface area contributed by atoms with E-state index in [4.69, 9.17) is 5.84 Å². The maximum atomic E-state index is 11.1. The number of aromatic nitrogens is 2. The number of aromatic amines is 1. The molecule has 0 spiro atoms. The predicted octanol–water partition coefficient (Wildman–Crippen LogP) is -2.08. The fourth-order valence-electron chi connectivity index (χ4n) is 0.914. The average molecular weight is 198 g/mol. The van der Waals surface area contributed by atoms with Gasteiger partial charge in [-0.15, -0.1) is 0 Å². The number of hydrogen-bond donors (Lipinski definition) is 3. The molecule has 76 valence electrons. The summed E-state index contributed by atoms with van der Waals surface area (Å²) in [6.07, 6.45) is 1.41. The molecule has 0 atom stereocenters. The van der Waals surface area contributed by atoms with Crippen molar-refractivity contribution in [3.8, 4) is 0 Å². The Kier molecular flexibility index (Phi) is 3.19. The number of hydrazine groups is 1. The van der Waals surface area contributed by atoms with Crippen LogP contribution in [0.1, 0.15) is 6.42 Å². The molecule has 14 heavy (non-hydrogen) atoms. The summed E-state index contributed by atoms with van der Waals surface area (Å²) in [6.45, 7) is 0.179. The molecule has 0 aliphatic rings. The highest BCUT2D eigenvalue weighted by molar-refractivity contribution is 5.74. The molecule has 0 aromatic carbocycles. The third-order valence-corrected chi connectivity index (χ3v) is 1.64. The standard InChI is InChI=1S/C7H10N4O3/c8-10-6(13)2-4-11-3-1-5(12)9-7(11)14/h1,3H,2,4,8H2,(H,10,13)(H,9,12,14). The fraction of sp³-hybridized carbons (Fsp3) is 0.286. The van der Waals surface area contributed by atoms with Crippen molar-refractivity contribution < 1.29 is 4.79 Å². The summed E-state index contributed by atoms with van der Waals surface area (Å²) in [5.74, 6) is 4.48. The number of amides is 1. The molecule has 4 N–H and O–H groups in total. The van der Waals surface area contributed by atoms with Crippen LogP contribution in [0.5, 0.6) is 0 Å². The lowest BCUT2D eigenvalue weighted by Gasteiger charge is -2.02. The summed E-state index contributed by atoms with van der Waals surface area (Å²) in [7, 11) is 0. The average Bonchev–Trinajstić information content (AvgIpc) is 2.16. The van der Waals surface area contributed by atoms with Gasteiger partial charge in [0.05, 0.1) is 0 Å². The summed E-state index contributed by atoms with van der Waals surface area (Å²) in [5, 5.41) is 0. The first-order valence-electron chi connectivity index (χ1n) is 3.92. The summed E-state index contributed by atoms with van der Waals surface area (Å²) in [6, 6.07) is 1.21. The Morgan fingerprint density at radius 1 is 1.57 bits per heavy atom. The smallest absolute Gasteiger partial charge is 0.300 e. The fourth-order valence-corrected chi connectivity index (χ4v) is 0.914. The number of nitrogens with one attached hydrogen (secondary N) is 2. The Labute approximate surface area is 78.5 Å². The van der Waals surface area contributed by atoms with Gasteiger partial charge in [0.25, 0.3) is 5.56 Å². The minimum Gasteiger partial charge on any atom is -0.300 e. The van der Waals surface area contributed by atoms with Crippen LogP contribution < -0.4 is 22.5 Å². The third kappa shape index (κ3) is 2.56. The summed E-state index contributed by atoms with van der Waals surface area (Å²) < 4.78 is 1.22. The van der Waals surface area contributed by atoms with Crippen molar-refractivity contribution in [2.45, 2.75) is 13.0 Å². The Hall–Kier alpha value is -1.89. The van der Waals surface area contributed by atoms with Gasteiger partial charge in [-0.1, -0.05) is 0 Å². The molecule has 0 fully saturated rings. The van der Waals surface area contributed by atoms with Gasteiger partial charge in [0.15, 0.2) is 0 Å². The molecular formula is C7H10N4O3. The third-order valence-electron chi connectivity index (χ3n) is 1.64. The van der Waals surface area contributed by atoms with Gasteiger partial charge in [0.2, 0.25) is 5.91 Å². The number of aryl methyl sites for hydroxylation is 1. The van der Waals surface area contributed by atoms with Gasteiger partial charge in [0.1, 0.15) is 0 Å². The number of carbonyl (C=O) groups is 1. The van der Waals surface area contributed by atoms with E-state index in [0.717, 1.165) is 0 Å². The largest absolute Gasteiger partial charge is 0.328 e. The Morgan fingerprint density at radius 3 is 2.86 bits per heavy atom. The lowest BCUT2D eigenvalue weighted by Crippen LogP contribution is -2.33. The van der Waals surface area contributed by atoms with E-state index in [1.165, 1.54) is 16.8 Å². The van der Waals surface area contributed by atoms with Crippen LogP contribution in [0.25, 0.3) is 0 Å². The number of carbonyl (C=O) groups excluding carboxylic acids is 1. The molecule has 1 aromatic heterocycles. The molecule has 0 aliphatic heterocycles. The molecule has 0 bridgehead atoms. The van der Waals surface area contributed by atoms with Crippen LogP contribution in [0, 0.1) is 0 Å². The van der Waals surface area contributed by atoms with Gasteiger partial charge in [-0.05, 0) is 0 Å². The zero-order valence-corrected chi connectivity index (χ0v) is 7.32. The highest BCUT2D eigenvalue weighted by Crippen LogP contribution is 1.83. The highest BCUT2D eigenvalue weighted by Gasteiger charge is 2.00. The van der Waals surface area contributed by atoms with Crippen LogP contribution in [0.3, 0.4) is 0 Å². The van der Waals surface area contributed by atoms with E-state index in [0.29, 0.717) is 0 Å². The van der Waals surface area contributed by atoms with E-state index in [1.54, 1.807) is 0 Å². The van der Waals surface area contributed by atoms with Crippen molar-refractivity contribution in [2.24, 2.45) is 5.84 Å². The van der Waals surface area contributed by atoms with Gasteiger partial charge >= 0.3 is 5.69 Å². The molecule has 0 unspecified atom stereocenters. The zero-order chi connectivity index (χ0) is 10.6. The van der Waals surface area contributed by atoms with Crippen molar-refractivity contribution in [3.63, 3.8) is 0 Å². The van der Waals surface area contributed by atoms with E-state index in [2.05, 4.69) is 4.98 Å². The van der Waals surface area contributed by atoms with E-state index in [1.807, 2.05) is 5.43 Å². The van der Waals surface area contributed by atoms with Gasteiger partial charge in [-0.2, -0.15) is 0 Å². The topological polar surface area (TPSA) is 110 Å². The zero-order valence-electron chi connectivity index (χ0n) is 7.32. The molecule has 7 heteroatoms. The molecule has 1 aromatic rings. The molecule has 0 saturated heterocycles. The lowest BCUT2D eigenvalue weighted by molar-refractivity contribution is -0.121. The first-order chi connectivity index (χ1) is 6.63. The minimum absolute atomic E-state index is 0.0858. The number of rotatable bonds is 3. The lowest BCUT2D eigenvalue weighted by atomic mass is 10.4. The Morgan fingerprint density at radius 2 is 2.29 bits per heavy atom. The normalized spacial score (nSPS) is 9.79. The van der Waals surface area contributed by atoms with E-state index < -0.39 is 11.2 Å². The van der Waals surface area contributed by atoms with Crippen LogP contribution >= 0.6 is 0 Å². The van der Waals surface area contributed by atoms with Crippen molar-refractivity contribution in [2.75, 3.05) is 0 Å². The van der Waals surface area contributed by atoms with Crippen LogP contribution in [-0.4, -0.2) is 15.5 Å². The van der Waals surface area contributed by atoms with E-state index >= 15 is 0 Å². The molecule has 0 saturated carbocycles. The monoisotopic (exact) mass is 198 g/mol. The van der Waals surface area contributed by atoms with Crippen molar-refractivity contribution in [1.82, 2.24) is 15.0 Å². The first kappa shape index (κ1) is 10.2. The summed E-state index contributed by atoms with van der Waals surface area (Å²) in [4.78, 5) is 34.6. The molecule has 7 nitrogen and oxygen atoms in total. The maximum absolute atomic E-state index is 11.1. The molecule has 1 rings (SSSR count). The first-order valence-corrected chi connectivity index (χ1v) is 3.92. The van der Waals surface area contributed by atoms with Gasteiger partial charge in [-0.3, -0.25) is 20.0 Å². The van der Waals surface area contributed by atoms with Crippen molar-refractivity contribution >= 4 is 5.91 Å². The minimum atomic E-state index is -0.540. The van der Waals surface area contributed by atoms with Crippen LogP contribution in [0.2, 0.25) is 0 Å². The SMILES string of the molecule is NNC(=O)CCn1ccc(=O)[nH]c1=O. The quantitative estimate of drug-likeness (QED) is 0.294. The second kappa shape index (κ2) is 4.38. The van der Waals surface area contributed by atoms with E-state index in [-0.39, 0.29) is 18.9 Å². The highest BCUT2D eigenvalue weighted by atomic mass is 16.2. The predicted molar refractivity (Wildman–Crippen MR) is 48.3 cm³/mol. The number of nitrogens with zero attached hydrogens (tertiary/aromatic N) is 1. The molecule has 0 radical (unpaired) electrons.